The number of amides is 1. The maximum atomic E-state index is 13.2. The molecule has 108 valence electrons. The van der Waals surface area contributed by atoms with Crippen molar-refractivity contribution in [3.8, 4) is 0 Å². The molecule has 0 aliphatic heterocycles. The number of thiophene rings is 1. The highest BCUT2D eigenvalue weighted by atomic mass is 32.1. The van der Waals surface area contributed by atoms with Gasteiger partial charge in [-0.1, -0.05) is 20.8 Å². The number of nitrogen functional groups attached to an aromatic ring is 1. The van der Waals surface area contributed by atoms with Crippen LogP contribution in [0.4, 0.5) is 10.1 Å². The standard InChI is InChI=1S/C15H19FN2OS/c1-4-15(2,3)8-18-14(19)13-12(17)10-7-9(16)5-6-11(10)20-13/h5-7H,4,8,17H2,1-3H3,(H,18,19). The Hall–Kier alpha value is -1.62. The van der Waals surface area contributed by atoms with Gasteiger partial charge in [-0.2, -0.15) is 0 Å². The lowest BCUT2D eigenvalue weighted by atomic mass is 9.90. The molecule has 0 saturated carbocycles. The number of carbonyl (C=O) groups excluding carboxylic acids is 1. The summed E-state index contributed by atoms with van der Waals surface area (Å²) in [6.07, 6.45) is 0.973. The number of rotatable bonds is 4. The zero-order valence-electron chi connectivity index (χ0n) is 11.9. The molecule has 3 N–H and O–H groups in total. The summed E-state index contributed by atoms with van der Waals surface area (Å²) in [5, 5.41) is 3.51. The lowest BCUT2D eigenvalue weighted by molar-refractivity contribution is 0.0940. The Bertz CT molecular complexity index is 649. The van der Waals surface area contributed by atoms with Crippen LogP contribution in [0.5, 0.6) is 0 Å². The molecule has 0 radical (unpaired) electrons. The maximum absolute atomic E-state index is 13.2. The molecule has 0 aliphatic rings. The largest absolute Gasteiger partial charge is 0.397 e. The van der Waals surface area contributed by atoms with Crippen molar-refractivity contribution in [1.82, 2.24) is 5.32 Å². The van der Waals surface area contributed by atoms with Crippen LogP contribution in [0.3, 0.4) is 0 Å². The van der Waals surface area contributed by atoms with Crippen molar-refractivity contribution in [2.24, 2.45) is 5.41 Å². The van der Waals surface area contributed by atoms with Gasteiger partial charge in [-0.15, -0.1) is 11.3 Å². The quantitative estimate of drug-likeness (QED) is 0.901. The molecule has 2 aromatic rings. The normalized spacial score (nSPS) is 11.8. The number of benzene rings is 1. The molecule has 0 spiro atoms. The van der Waals surface area contributed by atoms with Gasteiger partial charge in [0, 0.05) is 16.6 Å². The first-order chi connectivity index (χ1) is 9.34. The third kappa shape index (κ3) is 2.93. The molecule has 0 unspecified atom stereocenters. The first-order valence-electron chi connectivity index (χ1n) is 6.60. The van der Waals surface area contributed by atoms with Gasteiger partial charge in [-0.05, 0) is 30.0 Å². The molecule has 0 aliphatic carbocycles. The predicted molar refractivity (Wildman–Crippen MR) is 82.6 cm³/mol. The summed E-state index contributed by atoms with van der Waals surface area (Å²) in [5.41, 5.74) is 6.37. The fraction of sp³-hybridized carbons (Fsp3) is 0.400. The second-order valence-corrected chi connectivity index (χ2v) is 6.74. The fourth-order valence-electron chi connectivity index (χ4n) is 1.78. The summed E-state index contributed by atoms with van der Waals surface area (Å²) < 4.78 is 14.0. The smallest absolute Gasteiger partial charge is 0.263 e. The van der Waals surface area contributed by atoms with Gasteiger partial charge in [0.1, 0.15) is 10.7 Å². The molecule has 20 heavy (non-hydrogen) atoms. The molecule has 5 heteroatoms. The van der Waals surface area contributed by atoms with Crippen LogP contribution in [-0.4, -0.2) is 12.5 Å². The van der Waals surface area contributed by atoms with E-state index in [2.05, 4.69) is 26.1 Å². The van der Waals surface area contributed by atoms with Crippen molar-refractivity contribution < 1.29 is 9.18 Å². The highest BCUT2D eigenvalue weighted by Gasteiger charge is 2.20. The number of nitrogens with one attached hydrogen (secondary N) is 1. The molecule has 1 aromatic heterocycles. The Morgan fingerprint density at radius 1 is 1.45 bits per heavy atom. The zero-order chi connectivity index (χ0) is 14.9. The summed E-state index contributed by atoms with van der Waals surface area (Å²) in [6.45, 7) is 6.86. The Morgan fingerprint density at radius 2 is 2.15 bits per heavy atom. The van der Waals surface area contributed by atoms with Gasteiger partial charge >= 0.3 is 0 Å². The van der Waals surface area contributed by atoms with Gasteiger partial charge in [0.05, 0.1) is 5.69 Å². The Morgan fingerprint density at radius 3 is 2.80 bits per heavy atom. The van der Waals surface area contributed by atoms with Crippen molar-refractivity contribution >= 4 is 33.0 Å². The molecule has 0 saturated heterocycles. The van der Waals surface area contributed by atoms with E-state index in [9.17, 15) is 9.18 Å². The average Bonchev–Trinajstić information content (AvgIpc) is 2.74. The van der Waals surface area contributed by atoms with E-state index in [1.807, 2.05) is 0 Å². The van der Waals surface area contributed by atoms with Crippen molar-refractivity contribution in [3.63, 3.8) is 0 Å². The number of fused-ring (bicyclic) bond motifs is 1. The van der Waals surface area contributed by atoms with Gasteiger partial charge in [0.15, 0.2) is 0 Å². The second-order valence-electron chi connectivity index (χ2n) is 5.69. The van der Waals surface area contributed by atoms with Gasteiger partial charge in [-0.3, -0.25) is 4.79 Å². The minimum atomic E-state index is -0.346. The van der Waals surface area contributed by atoms with Crippen LogP contribution in [0.1, 0.15) is 36.9 Å². The molecule has 0 fully saturated rings. The monoisotopic (exact) mass is 294 g/mol. The molecule has 2 rings (SSSR count). The average molecular weight is 294 g/mol. The van der Waals surface area contributed by atoms with Crippen molar-refractivity contribution in [2.45, 2.75) is 27.2 Å². The van der Waals surface area contributed by atoms with E-state index in [4.69, 9.17) is 5.73 Å². The third-order valence-corrected chi connectivity index (χ3v) is 4.76. The van der Waals surface area contributed by atoms with Gasteiger partial charge < -0.3 is 11.1 Å². The lowest BCUT2D eigenvalue weighted by Crippen LogP contribution is -2.33. The molecular formula is C15H19FN2OS. The maximum Gasteiger partial charge on any atom is 0.263 e. The third-order valence-electron chi connectivity index (χ3n) is 3.58. The zero-order valence-corrected chi connectivity index (χ0v) is 12.7. The van der Waals surface area contributed by atoms with Crippen LogP contribution in [0.25, 0.3) is 10.1 Å². The van der Waals surface area contributed by atoms with Crippen LogP contribution in [0, 0.1) is 11.2 Å². The van der Waals surface area contributed by atoms with Gasteiger partial charge in [0.2, 0.25) is 0 Å². The number of hydrogen-bond acceptors (Lipinski definition) is 3. The summed E-state index contributed by atoms with van der Waals surface area (Å²) in [5.74, 6) is -0.535. The predicted octanol–water partition coefficient (Wildman–Crippen LogP) is 3.79. The van der Waals surface area contributed by atoms with Crippen LogP contribution in [0.15, 0.2) is 18.2 Å². The highest BCUT2D eigenvalue weighted by molar-refractivity contribution is 7.21. The van der Waals surface area contributed by atoms with E-state index in [1.165, 1.54) is 23.5 Å². The second kappa shape index (κ2) is 5.40. The summed E-state index contributed by atoms with van der Waals surface area (Å²) in [6, 6.07) is 4.40. The summed E-state index contributed by atoms with van der Waals surface area (Å²) >= 11 is 1.30. The summed E-state index contributed by atoms with van der Waals surface area (Å²) in [7, 11) is 0. The number of nitrogens with two attached hydrogens (primary N) is 1. The Labute approximate surface area is 122 Å². The lowest BCUT2D eigenvalue weighted by Gasteiger charge is -2.22. The summed E-state index contributed by atoms with van der Waals surface area (Å²) in [4.78, 5) is 12.7. The molecule has 3 nitrogen and oxygen atoms in total. The van der Waals surface area contributed by atoms with Crippen LogP contribution in [-0.2, 0) is 0 Å². The van der Waals surface area contributed by atoms with Gasteiger partial charge in [0.25, 0.3) is 5.91 Å². The van der Waals surface area contributed by atoms with Gasteiger partial charge in [-0.25, -0.2) is 4.39 Å². The molecule has 1 heterocycles. The van der Waals surface area contributed by atoms with Crippen LogP contribution >= 0.6 is 11.3 Å². The van der Waals surface area contributed by atoms with Crippen LogP contribution in [0.2, 0.25) is 0 Å². The SMILES string of the molecule is CCC(C)(C)CNC(=O)c1sc2ccc(F)cc2c1N. The molecule has 0 atom stereocenters. The van der Waals surface area contributed by atoms with E-state index in [0.717, 1.165) is 11.1 Å². The molecule has 0 bridgehead atoms. The number of hydrogen-bond donors (Lipinski definition) is 2. The number of carbonyl (C=O) groups is 1. The molecular weight excluding hydrogens is 275 g/mol. The minimum Gasteiger partial charge on any atom is -0.397 e. The van der Waals surface area contributed by atoms with E-state index in [1.54, 1.807) is 6.07 Å². The first-order valence-corrected chi connectivity index (χ1v) is 7.41. The molecule has 1 aromatic carbocycles. The Balaban J connectivity index is 2.25. The fourth-order valence-corrected chi connectivity index (χ4v) is 2.80. The van der Waals surface area contributed by atoms with Crippen molar-refractivity contribution in [3.05, 3.63) is 28.9 Å². The van der Waals surface area contributed by atoms with E-state index in [-0.39, 0.29) is 17.1 Å². The van der Waals surface area contributed by atoms with Crippen molar-refractivity contribution in [2.75, 3.05) is 12.3 Å². The number of halogens is 1. The van der Waals surface area contributed by atoms with Crippen molar-refractivity contribution in [1.29, 1.82) is 0 Å². The number of anilines is 1. The topological polar surface area (TPSA) is 55.1 Å². The first kappa shape index (κ1) is 14.8. The minimum absolute atomic E-state index is 0.0488. The molecule has 1 amide bonds. The van der Waals surface area contributed by atoms with Crippen LogP contribution < -0.4 is 11.1 Å². The highest BCUT2D eigenvalue weighted by Crippen LogP contribution is 2.34. The van der Waals surface area contributed by atoms with E-state index >= 15 is 0 Å². The van der Waals surface area contributed by atoms with E-state index < -0.39 is 0 Å². The Kier molecular flexibility index (Phi) is 3.99. The van der Waals surface area contributed by atoms with E-state index in [0.29, 0.717) is 22.5 Å².